The number of rotatable bonds is 5. The second kappa shape index (κ2) is 9.80. The van der Waals surface area contributed by atoms with E-state index >= 15 is 0 Å². The van der Waals surface area contributed by atoms with E-state index in [1.807, 2.05) is 65.9 Å². The summed E-state index contributed by atoms with van der Waals surface area (Å²) in [5.41, 5.74) is 5.50. The third-order valence-electron chi connectivity index (χ3n) is 6.14. The van der Waals surface area contributed by atoms with E-state index in [2.05, 4.69) is 28.2 Å². The summed E-state index contributed by atoms with van der Waals surface area (Å²) in [7, 11) is 0. The molecule has 2 heterocycles. The molecule has 1 saturated heterocycles. The Morgan fingerprint density at radius 2 is 1.66 bits per heavy atom. The summed E-state index contributed by atoms with van der Waals surface area (Å²) in [6, 6.07) is 20.1. The molecule has 0 atom stereocenters. The van der Waals surface area contributed by atoms with Gasteiger partial charge in [0.15, 0.2) is 0 Å². The highest BCUT2D eigenvalue weighted by Crippen LogP contribution is 2.19. The van der Waals surface area contributed by atoms with Gasteiger partial charge >= 0.3 is 0 Å². The molecule has 2 aromatic carbocycles. The van der Waals surface area contributed by atoms with Crippen LogP contribution in [0.4, 0.5) is 0 Å². The van der Waals surface area contributed by atoms with Crippen molar-refractivity contribution in [2.45, 2.75) is 33.4 Å². The number of carbonyl (C=O) groups excluding carboxylic acids is 1. The van der Waals surface area contributed by atoms with E-state index in [1.54, 1.807) is 0 Å². The topological polar surface area (TPSA) is 65.2 Å². The lowest BCUT2D eigenvalue weighted by Gasteiger charge is -2.22. The van der Waals surface area contributed by atoms with Gasteiger partial charge in [-0.25, -0.2) is 0 Å². The number of hydrogen-bond acceptors (Lipinski definition) is 4. The second-order valence-electron chi connectivity index (χ2n) is 8.42. The van der Waals surface area contributed by atoms with Gasteiger partial charge in [-0.05, 0) is 43.5 Å². The number of carbonyl (C=O) groups is 1. The Hall–Kier alpha value is -3.43. The fraction of sp³-hybridized carbons (Fsp3) is 0.346. The number of benzene rings is 2. The predicted octanol–water partition coefficient (Wildman–Crippen LogP) is 3.77. The van der Waals surface area contributed by atoms with Crippen molar-refractivity contribution < 1.29 is 4.79 Å². The van der Waals surface area contributed by atoms with Crippen molar-refractivity contribution in [3.63, 3.8) is 0 Å². The van der Waals surface area contributed by atoms with Crippen LogP contribution in [0, 0.1) is 25.2 Å². The number of amides is 1. The molecule has 164 valence electrons. The molecule has 0 unspecified atom stereocenters. The molecule has 0 bridgehead atoms. The molecule has 1 fully saturated rings. The Kier molecular flexibility index (Phi) is 6.67. The van der Waals surface area contributed by atoms with Crippen LogP contribution in [0.25, 0.3) is 0 Å². The third kappa shape index (κ3) is 4.90. The molecule has 0 N–H and O–H groups in total. The first-order valence-corrected chi connectivity index (χ1v) is 11.1. The predicted molar refractivity (Wildman–Crippen MR) is 124 cm³/mol. The maximum Gasteiger partial charge on any atom is 0.257 e. The van der Waals surface area contributed by atoms with E-state index in [0.29, 0.717) is 18.7 Å². The summed E-state index contributed by atoms with van der Waals surface area (Å²) in [6.07, 6.45) is 0.943. The molecular formula is C26H29N5O. The molecule has 32 heavy (non-hydrogen) atoms. The van der Waals surface area contributed by atoms with Gasteiger partial charge in [0.25, 0.3) is 5.91 Å². The average Bonchev–Trinajstić information content (AvgIpc) is 2.96. The van der Waals surface area contributed by atoms with Gasteiger partial charge in [-0.15, -0.1) is 0 Å². The van der Waals surface area contributed by atoms with E-state index in [9.17, 15) is 4.79 Å². The first-order valence-electron chi connectivity index (χ1n) is 11.1. The minimum Gasteiger partial charge on any atom is -0.337 e. The van der Waals surface area contributed by atoms with Crippen LogP contribution in [0.3, 0.4) is 0 Å². The molecule has 4 rings (SSSR count). The normalized spacial score (nSPS) is 14.7. The third-order valence-corrected chi connectivity index (χ3v) is 6.14. The van der Waals surface area contributed by atoms with Crippen molar-refractivity contribution >= 4 is 5.91 Å². The molecular weight excluding hydrogens is 398 g/mol. The number of aryl methyl sites for hydroxylation is 1. The first kappa shape index (κ1) is 21.8. The first-order chi connectivity index (χ1) is 15.5. The van der Waals surface area contributed by atoms with Gasteiger partial charge in [0.2, 0.25) is 0 Å². The maximum absolute atomic E-state index is 13.4. The maximum atomic E-state index is 13.4. The molecule has 1 aromatic heterocycles. The van der Waals surface area contributed by atoms with Gasteiger partial charge in [-0.1, -0.05) is 42.5 Å². The molecule has 1 amide bonds. The number of nitriles is 1. The standard InChI is InChI=1S/C26H29N5O/c1-20-25(21(2)31(28-20)19-23-7-4-3-5-8-23)26(32)30-14-6-13-29(15-16-30)18-24-11-9-22(17-27)10-12-24/h3-5,7-12H,6,13-16,18-19H2,1-2H3. The summed E-state index contributed by atoms with van der Waals surface area (Å²) >= 11 is 0. The highest BCUT2D eigenvalue weighted by atomic mass is 16.2. The zero-order valence-corrected chi connectivity index (χ0v) is 18.8. The van der Waals surface area contributed by atoms with Gasteiger partial charge in [0.05, 0.1) is 29.4 Å². The van der Waals surface area contributed by atoms with Crippen LogP contribution in [-0.4, -0.2) is 51.7 Å². The summed E-state index contributed by atoms with van der Waals surface area (Å²) in [6.45, 7) is 8.67. The SMILES string of the molecule is Cc1nn(Cc2ccccc2)c(C)c1C(=O)N1CCCN(Cc2ccc(C#N)cc2)CC1. The highest BCUT2D eigenvalue weighted by Gasteiger charge is 2.25. The lowest BCUT2D eigenvalue weighted by molar-refractivity contribution is 0.0759. The minimum atomic E-state index is 0.0829. The van der Waals surface area contributed by atoms with Crippen LogP contribution >= 0.6 is 0 Å². The fourth-order valence-corrected chi connectivity index (χ4v) is 4.35. The van der Waals surface area contributed by atoms with Gasteiger partial charge in [0.1, 0.15) is 0 Å². The number of aromatic nitrogens is 2. The summed E-state index contributed by atoms with van der Waals surface area (Å²) in [5.74, 6) is 0.0829. The van der Waals surface area contributed by atoms with Crippen LogP contribution in [0.2, 0.25) is 0 Å². The van der Waals surface area contributed by atoms with Crippen LogP contribution in [0.1, 0.15) is 44.9 Å². The molecule has 0 saturated carbocycles. The van der Waals surface area contributed by atoms with E-state index in [0.717, 1.165) is 49.6 Å². The van der Waals surface area contributed by atoms with Crippen LogP contribution in [0.5, 0.6) is 0 Å². The van der Waals surface area contributed by atoms with E-state index in [-0.39, 0.29) is 5.91 Å². The van der Waals surface area contributed by atoms with Gasteiger partial charge in [-0.2, -0.15) is 10.4 Å². The van der Waals surface area contributed by atoms with Crippen molar-refractivity contribution in [2.24, 2.45) is 0 Å². The van der Waals surface area contributed by atoms with Crippen molar-refractivity contribution in [3.05, 3.63) is 88.2 Å². The van der Waals surface area contributed by atoms with Gasteiger partial charge in [0, 0.05) is 38.4 Å². The minimum absolute atomic E-state index is 0.0829. The number of hydrogen-bond donors (Lipinski definition) is 0. The molecule has 6 heteroatoms. The largest absolute Gasteiger partial charge is 0.337 e. The van der Waals surface area contributed by atoms with Gasteiger partial charge in [-0.3, -0.25) is 14.4 Å². The Morgan fingerprint density at radius 3 is 2.38 bits per heavy atom. The smallest absolute Gasteiger partial charge is 0.257 e. The number of nitrogens with zero attached hydrogens (tertiary/aromatic N) is 5. The lowest BCUT2D eigenvalue weighted by atomic mass is 10.1. The van der Waals surface area contributed by atoms with Crippen molar-refractivity contribution in [2.75, 3.05) is 26.2 Å². The fourth-order valence-electron chi connectivity index (χ4n) is 4.35. The summed E-state index contributed by atoms with van der Waals surface area (Å²) < 4.78 is 1.94. The average molecular weight is 428 g/mol. The highest BCUT2D eigenvalue weighted by molar-refractivity contribution is 5.96. The van der Waals surface area contributed by atoms with Crippen LogP contribution in [-0.2, 0) is 13.1 Å². The van der Waals surface area contributed by atoms with Crippen LogP contribution in [0.15, 0.2) is 54.6 Å². The van der Waals surface area contributed by atoms with Gasteiger partial charge < -0.3 is 4.90 Å². The van der Waals surface area contributed by atoms with E-state index in [4.69, 9.17) is 5.26 Å². The molecule has 0 radical (unpaired) electrons. The summed E-state index contributed by atoms with van der Waals surface area (Å²) in [5, 5.41) is 13.6. The Morgan fingerprint density at radius 1 is 0.938 bits per heavy atom. The molecule has 3 aromatic rings. The zero-order valence-electron chi connectivity index (χ0n) is 18.8. The van der Waals surface area contributed by atoms with E-state index in [1.165, 1.54) is 11.1 Å². The summed E-state index contributed by atoms with van der Waals surface area (Å²) in [4.78, 5) is 17.8. The monoisotopic (exact) mass is 427 g/mol. The quantitative estimate of drug-likeness (QED) is 0.622. The Labute approximate surface area is 189 Å². The zero-order chi connectivity index (χ0) is 22.5. The van der Waals surface area contributed by atoms with Crippen molar-refractivity contribution in [3.8, 4) is 6.07 Å². The molecule has 1 aliphatic heterocycles. The Bertz CT molecular complexity index is 1110. The van der Waals surface area contributed by atoms with Crippen molar-refractivity contribution in [1.82, 2.24) is 19.6 Å². The lowest BCUT2D eigenvalue weighted by Crippen LogP contribution is -2.35. The molecule has 0 aliphatic carbocycles. The Balaban J connectivity index is 1.42. The second-order valence-corrected chi connectivity index (χ2v) is 8.42. The molecule has 1 aliphatic rings. The molecule has 0 spiro atoms. The van der Waals surface area contributed by atoms with Crippen LogP contribution < -0.4 is 0 Å². The van der Waals surface area contributed by atoms with E-state index < -0.39 is 0 Å². The molecule has 6 nitrogen and oxygen atoms in total. The van der Waals surface area contributed by atoms with Crippen molar-refractivity contribution in [1.29, 1.82) is 5.26 Å².